The zero-order valence-electron chi connectivity index (χ0n) is 10.6. The molecule has 0 saturated carbocycles. The monoisotopic (exact) mass is 297 g/mol. The lowest BCUT2D eigenvalue weighted by atomic mass is 10.3. The molecular weight excluding hydrogens is 286 g/mol. The van der Waals surface area contributed by atoms with Gasteiger partial charge in [0, 0.05) is 6.20 Å². The fraction of sp³-hybridized carbons (Fsp3) is 0.0667. The second-order valence-corrected chi connectivity index (χ2v) is 6.46. The van der Waals surface area contributed by atoms with Crippen LogP contribution in [0.15, 0.2) is 60.0 Å². The van der Waals surface area contributed by atoms with Crippen LogP contribution in [0.2, 0.25) is 0 Å². The van der Waals surface area contributed by atoms with Gasteiger partial charge in [-0.05, 0) is 24.3 Å². The quantitative estimate of drug-likeness (QED) is 0.530. The molecule has 0 aliphatic carbocycles. The molecule has 20 heavy (non-hydrogen) atoms. The third kappa shape index (κ3) is 2.09. The summed E-state index contributed by atoms with van der Waals surface area (Å²) in [5.41, 5.74) is 2.21. The predicted octanol–water partition coefficient (Wildman–Crippen LogP) is 4.24. The first-order valence-corrected chi connectivity index (χ1v) is 8.10. The molecule has 0 N–H and O–H groups in total. The van der Waals surface area contributed by atoms with E-state index in [-0.39, 0.29) is 0 Å². The van der Waals surface area contributed by atoms with Crippen LogP contribution in [-0.2, 0) is 5.75 Å². The van der Waals surface area contributed by atoms with Gasteiger partial charge in [-0.15, -0.1) is 11.3 Å². The fourth-order valence-electron chi connectivity index (χ4n) is 2.13. The summed E-state index contributed by atoms with van der Waals surface area (Å²) in [6.07, 6.45) is 3.95. The number of hydrogen-bond donors (Lipinski definition) is 0. The first kappa shape index (κ1) is 11.9. The minimum Gasteiger partial charge on any atom is -0.295 e. The highest BCUT2D eigenvalue weighted by atomic mass is 32.2. The molecule has 0 saturated heterocycles. The van der Waals surface area contributed by atoms with Gasteiger partial charge in [0.2, 0.25) is 0 Å². The van der Waals surface area contributed by atoms with Crippen LogP contribution in [0.5, 0.6) is 0 Å². The molecule has 0 spiro atoms. The lowest BCUT2D eigenvalue weighted by molar-refractivity contribution is 0.957. The van der Waals surface area contributed by atoms with E-state index in [1.165, 1.54) is 4.70 Å². The minimum absolute atomic E-state index is 0.855. The van der Waals surface area contributed by atoms with Crippen LogP contribution in [0.4, 0.5) is 0 Å². The Kier molecular flexibility index (Phi) is 2.94. The van der Waals surface area contributed by atoms with E-state index < -0.39 is 0 Å². The number of thioether (sulfide) groups is 1. The maximum atomic E-state index is 4.65. The van der Waals surface area contributed by atoms with E-state index >= 15 is 0 Å². The number of rotatable bonds is 3. The van der Waals surface area contributed by atoms with Crippen molar-refractivity contribution < 1.29 is 0 Å². The van der Waals surface area contributed by atoms with Gasteiger partial charge in [0.25, 0.3) is 0 Å². The van der Waals surface area contributed by atoms with E-state index in [1.807, 2.05) is 30.6 Å². The third-order valence-corrected chi connectivity index (χ3v) is 5.26. The summed E-state index contributed by atoms with van der Waals surface area (Å²) in [4.78, 5) is 9.12. The molecule has 0 aliphatic rings. The molecule has 1 aromatic carbocycles. The topological polar surface area (TPSA) is 30.2 Å². The Morgan fingerprint density at radius 3 is 2.95 bits per heavy atom. The van der Waals surface area contributed by atoms with Gasteiger partial charge in [-0.1, -0.05) is 30.0 Å². The normalized spacial score (nSPS) is 11.4. The molecule has 3 nitrogen and oxygen atoms in total. The van der Waals surface area contributed by atoms with Crippen molar-refractivity contribution in [2.75, 3.05) is 0 Å². The van der Waals surface area contributed by atoms with Gasteiger partial charge in [-0.2, -0.15) is 0 Å². The number of imidazole rings is 1. The summed E-state index contributed by atoms with van der Waals surface area (Å²) in [6.45, 7) is 0. The second-order valence-electron chi connectivity index (χ2n) is 4.40. The second kappa shape index (κ2) is 4.92. The minimum atomic E-state index is 0.855. The number of para-hydroxylation sites is 1. The average Bonchev–Trinajstić information content (AvgIpc) is 3.08. The summed E-state index contributed by atoms with van der Waals surface area (Å²) in [6, 6.07) is 14.4. The maximum Gasteiger partial charge on any atom is 0.173 e. The molecule has 5 heteroatoms. The van der Waals surface area contributed by atoms with Crippen molar-refractivity contribution in [1.82, 2.24) is 14.4 Å². The van der Waals surface area contributed by atoms with Crippen molar-refractivity contribution in [1.29, 1.82) is 0 Å². The first-order valence-electron chi connectivity index (χ1n) is 6.29. The molecule has 0 fully saturated rings. The summed E-state index contributed by atoms with van der Waals surface area (Å²) in [7, 11) is 0. The standard InChI is InChI=1S/C15H11N3S2/c1-2-7-13-12(6-1)17-14(20-13)10-19-15-16-9-11-5-3-4-8-18(11)15/h1-9H,10H2. The molecule has 98 valence electrons. The number of hydrogen-bond acceptors (Lipinski definition) is 4. The molecule has 0 aliphatic heterocycles. The fourth-order valence-corrected chi connectivity index (χ4v) is 4.06. The Balaban J connectivity index is 1.60. The number of nitrogens with zero attached hydrogens (tertiary/aromatic N) is 3. The lowest BCUT2D eigenvalue weighted by Crippen LogP contribution is -1.86. The van der Waals surface area contributed by atoms with Crippen LogP contribution in [0, 0.1) is 0 Å². The SMILES string of the molecule is c1ccc2sc(CSc3ncc4ccccn34)nc2c1. The predicted molar refractivity (Wildman–Crippen MR) is 84.4 cm³/mol. The van der Waals surface area contributed by atoms with Crippen molar-refractivity contribution in [3.8, 4) is 0 Å². The summed E-state index contributed by atoms with van der Waals surface area (Å²) >= 11 is 3.48. The Labute approximate surface area is 124 Å². The van der Waals surface area contributed by atoms with E-state index in [0.717, 1.165) is 27.0 Å². The van der Waals surface area contributed by atoms with Crippen molar-refractivity contribution in [2.45, 2.75) is 10.9 Å². The molecule has 4 rings (SSSR count). The largest absolute Gasteiger partial charge is 0.295 e. The highest BCUT2D eigenvalue weighted by molar-refractivity contribution is 7.98. The lowest BCUT2D eigenvalue weighted by Gasteiger charge is -1.98. The number of thiazole rings is 1. The van der Waals surface area contributed by atoms with Gasteiger partial charge in [-0.3, -0.25) is 4.40 Å². The molecule has 4 aromatic rings. The smallest absolute Gasteiger partial charge is 0.173 e. The van der Waals surface area contributed by atoms with Crippen LogP contribution in [0.3, 0.4) is 0 Å². The maximum absolute atomic E-state index is 4.65. The van der Waals surface area contributed by atoms with Crippen molar-refractivity contribution in [3.05, 3.63) is 59.9 Å². The summed E-state index contributed by atoms with van der Waals surface area (Å²) in [5.74, 6) is 0.855. The van der Waals surface area contributed by atoms with E-state index in [9.17, 15) is 0 Å². The van der Waals surface area contributed by atoms with E-state index in [4.69, 9.17) is 0 Å². The Bertz CT molecular complexity index is 846. The zero-order chi connectivity index (χ0) is 13.4. The van der Waals surface area contributed by atoms with E-state index in [1.54, 1.807) is 23.1 Å². The van der Waals surface area contributed by atoms with Crippen molar-refractivity contribution >= 4 is 38.8 Å². The average molecular weight is 297 g/mol. The van der Waals surface area contributed by atoms with Gasteiger partial charge < -0.3 is 0 Å². The number of benzene rings is 1. The Morgan fingerprint density at radius 2 is 2.00 bits per heavy atom. The first-order chi connectivity index (χ1) is 9.90. The summed E-state index contributed by atoms with van der Waals surface area (Å²) < 4.78 is 3.36. The molecule has 0 bridgehead atoms. The number of pyridine rings is 1. The number of fused-ring (bicyclic) bond motifs is 2. The van der Waals surface area contributed by atoms with Gasteiger partial charge in [0.1, 0.15) is 5.01 Å². The molecule has 0 unspecified atom stereocenters. The van der Waals surface area contributed by atoms with E-state index in [2.05, 4.69) is 38.6 Å². The van der Waals surface area contributed by atoms with Gasteiger partial charge in [0.15, 0.2) is 5.16 Å². The van der Waals surface area contributed by atoms with Crippen molar-refractivity contribution in [2.24, 2.45) is 0 Å². The van der Waals surface area contributed by atoms with Crippen LogP contribution in [-0.4, -0.2) is 14.4 Å². The molecular formula is C15H11N3S2. The summed E-state index contributed by atoms with van der Waals surface area (Å²) in [5, 5.41) is 2.16. The Morgan fingerprint density at radius 1 is 1.10 bits per heavy atom. The van der Waals surface area contributed by atoms with Gasteiger partial charge in [0.05, 0.1) is 27.7 Å². The van der Waals surface area contributed by atoms with Crippen LogP contribution in [0.1, 0.15) is 5.01 Å². The van der Waals surface area contributed by atoms with Crippen LogP contribution >= 0.6 is 23.1 Å². The molecule has 0 atom stereocenters. The van der Waals surface area contributed by atoms with Gasteiger partial charge >= 0.3 is 0 Å². The van der Waals surface area contributed by atoms with Gasteiger partial charge in [-0.25, -0.2) is 9.97 Å². The van der Waals surface area contributed by atoms with E-state index in [0.29, 0.717) is 0 Å². The molecule has 0 radical (unpaired) electrons. The highest BCUT2D eigenvalue weighted by Crippen LogP contribution is 2.28. The Hall–Kier alpha value is -1.85. The molecule has 3 aromatic heterocycles. The van der Waals surface area contributed by atoms with Crippen LogP contribution < -0.4 is 0 Å². The highest BCUT2D eigenvalue weighted by Gasteiger charge is 2.07. The van der Waals surface area contributed by atoms with Crippen LogP contribution in [0.25, 0.3) is 15.7 Å². The molecule has 0 amide bonds. The number of aromatic nitrogens is 3. The third-order valence-electron chi connectivity index (χ3n) is 3.07. The van der Waals surface area contributed by atoms with Crippen molar-refractivity contribution in [3.63, 3.8) is 0 Å². The zero-order valence-corrected chi connectivity index (χ0v) is 12.2. The molecule has 3 heterocycles.